The van der Waals surface area contributed by atoms with Crippen molar-refractivity contribution in [3.05, 3.63) is 23.0 Å². The van der Waals surface area contributed by atoms with Crippen LogP contribution in [0.5, 0.6) is 0 Å². The Morgan fingerprint density at radius 3 is 2.94 bits per heavy atom. The quantitative estimate of drug-likeness (QED) is 0.793. The fourth-order valence-corrected chi connectivity index (χ4v) is 2.56. The molecule has 0 saturated heterocycles. The SMILES string of the molecule is CCOC(=O)Cc1csc(-c2cn(C)nc2C)n1. The number of ether oxygens (including phenoxy) is 1. The maximum Gasteiger partial charge on any atom is 0.311 e. The molecule has 0 radical (unpaired) electrons. The fraction of sp³-hybridized carbons (Fsp3) is 0.417. The third-order valence-corrected chi connectivity index (χ3v) is 3.35. The van der Waals surface area contributed by atoms with Crippen LogP contribution in [-0.4, -0.2) is 27.3 Å². The highest BCUT2D eigenvalue weighted by Gasteiger charge is 2.12. The van der Waals surface area contributed by atoms with Gasteiger partial charge in [-0.15, -0.1) is 11.3 Å². The smallest absolute Gasteiger partial charge is 0.311 e. The van der Waals surface area contributed by atoms with Crippen LogP contribution in [0, 0.1) is 6.92 Å². The highest BCUT2D eigenvalue weighted by Crippen LogP contribution is 2.26. The first kappa shape index (κ1) is 12.8. The Hall–Kier alpha value is -1.69. The minimum Gasteiger partial charge on any atom is -0.466 e. The van der Waals surface area contributed by atoms with E-state index in [-0.39, 0.29) is 12.4 Å². The van der Waals surface area contributed by atoms with Crippen molar-refractivity contribution >= 4 is 17.3 Å². The molecule has 0 aliphatic heterocycles. The molecule has 0 fully saturated rings. The number of esters is 1. The number of carbonyl (C=O) groups excluding carboxylic acids is 1. The van der Waals surface area contributed by atoms with Crippen molar-refractivity contribution in [2.45, 2.75) is 20.3 Å². The van der Waals surface area contributed by atoms with Crippen LogP contribution in [0.25, 0.3) is 10.6 Å². The number of hydrogen-bond acceptors (Lipinski definition) is 5. The molecule has 0 amide bonds. The molecule has 0 unspecified atom stereocenters. The van der Waals surface area contributed by atoms with Crippen molar-refractivity contribution in [1.29, 1.82) is 0 Å². The van der Waals surface area contributed by atoms with Crippen LogP contribution in [0.1, 0.15) is 18.3 Å². The van der Waals surface area contributed by atoms with Crippen molar-refractivity contribution in [2.24, 2.45) is 7.05 Å². The lowest BCUT2D eigenvalue weighted by molar-refractivity contribution is -0.142. The van der Waals surface area contributed by atoms with Crippen LogP contribution < -0.4 is 0 Å². The van der Waals surface area contributed by atoms with E-state index in [1.165, 1.54) is 11.3 Å². The van der Waals surface area contributed by atoms with E-state index in [4.69, 9.17) is 4.74 Å². The Kier molecular flexibility index (Phi) is 3.76. The molecule has 0 bridgehead atoms. The monoisotopic (exact) mass is 265 g/mol. The highest BCUT2D eigenvalue weighted by molar-refractivity contribution is 7.13. The standard InChI is InChI=1S/C12H15N3O2S/c1-4-17-11(16)5-9-7-18-12(13-9)10-6-15(3)14-8(10)2/h6-7H,4-5H2,1-3H3. The van der Waals surface area contributed by atoms with Crippen LogP contribution in [0.15, 0.2) is 11.6 Å². The molecule has 2 aromatic rings. The lowest BCUT2D eigenvalue weighted by atomic mass is 10.3. The molecule has 0 spiro atoms. The largest absolute Gasteiger partial charge is 0.466 e. The van der Waals surface area contributed by atoms with E-state index in [0.29, 0.717) is 6.61 Å². The molecular formula is C12H15N3O2S. The number of carbonyl (C=O) groups is 1. The summed E-state index contributed by atoms with van der Waals surface area (Å²) in [5.41, 5.74) is 2.70. The molecule has 2 rings (SSSR count). The van der Waals surface area contributed by atoms with E-state index < -0.39 is 0 Å². The second kappa shape index (κ2) is 5.30. The maximum atomic E-state index is 11.4. The third-order valence-electron chi connectivity index (χ3n) is 2.43. The van der Waals surface area contributed by atoms with Crippen LogP contribution in [0.4, 0.5) is 0 Å². The molecule has 2 heterocycles. The highest BCUT2D eigenvalue weighted by atomic mass is 32.1. The van der Waals surface area contributed by atoms with Crippen LogP contribution in [0.3, 0.4) is 0 Å². The van der Waals surface area contributed by atoms with Gasteiger partial charge in [0.05, 0.1) is 30.0 Å². The molecule has 0 aliphatic rings. The topological polar surface area (TPSA) is 57.0 Å². The zero-order valence-electron chi connectivity index (χ0n) is 10.6. The molecule has 6 heteroatoms. The van der Waals surface area contributed by atoms with Gasteiger partial charge in [-0.25, -0.2) is 4.98 Å². The van der Waals surface area contributed by atoms with Gasteiger partial charge in [0.2, 0.25) is 0 Å². The molecule has 0 aromatic carbocycles. The predicted molar refractivity (Wildman–Crippen MR) is 69.4 cm³/mol. The summed E-state index contributed by atoms with van der Waals surface area (Å²) < 4.78 is 6.66. The minimum absolute atomic E-state index is 0.226. The first-order valence-electron chi connectivity index (χ1n) is 5.70. The van der Waals surface area contributed by atoms with Crippen LogP contribution >= 0.6 is 11.3 Å². The molecule has 2 aromatic heterocycles. The minimum atomic E-state index is -0.239. The third kappa shape index (κ3) is 2.76. The van der Waals surface area contributed by atoms with Gasteiger partial charge in [-0.2, -0.15) is 5.10 Å². The van der Waals surface area contributed by atoms with Gasteiger partial charge in [-0.05, 0) is 13.8 Å². The average Bonchev–Trinajstić information content (AvgIpc) is 2.85. The number of nitrogens with zero attached hydrogens (tertiary/aromatic N) is 3. The zero-order valence-corrected chi connectivity index (χ0v) is 11.5. The summed E-state index contributed by atoms with van der Waals surface area (Å²) in [5.74, 6) is -0.239. The Balaban J connectivity index is 2.15. The van der Waals surface area contributed by atoms with Crippen molar-refractivity contribution in [2.75, 3.05) is 6.61 Å². The number of rotatable bonds is 4. The first-order chi connectivity index (χ1) is 8.60. The normalized spacial score (nSPS) is 10.6. The summed E-state index contributed by atoms with van der Waals surface area (Å²) in [6.45, 7) is 4.14. The maximum absolute atomic E-state index is 11.4. The number of thiazole rings is 1. The van der Waals surface area contributed by atoms with Crippen molar-refractivity contribution in [3.8, 4) is 10.6 Å². The van der Waals surface area contributed by atoms with Gasteiger partial charge in [-0.3, -0.25) is 9.48 Å². The predicted octanol–water partition coefficient (Wildman–Crippen LogP) is 1.96. The molecule has 0 N–H and O–H groups in total. The Labute approximate surface area is 109 Å². The summed E-state index contributed by atoms with van der Waals surface area (Å²) in [7, 11) is 1.88. The summed E-state index contributed by atoms with van der Waals surface area (Å²) in [4.78, 5) is 15.8. The molecule has 0 atom stereocenters. The second-order valence-corrected chi connectivity index (χ2v) is 4.79. The summed E-state index contributed by atoms with van der Waals surface area (Å²) >= 11 is 1.52. The number of aryl methyl sites for hydroxylation is 2. The Morgan fingerprint density at radius 1 is 1.56 bits per heavy atom. The van der Waals surface area contributed by atoms with E-state index in [9.17, 15) is 4.79 Å². The van der Waals surface area contributed by atoms with Crippen molar-refractivity contribution in [3.63, 3.8) is 0 Å². The Bertz CT molecular complexity index is 559. The summed E-state index contributed by atoms with van der Waals surface area (Å²) in [6.07, 6.45) is 2.16. The van der Waals surface area contributed by atoms with E-state index in [1.807, 2.05) is 25.5 Å². The lowest BCUT2D eigenvalue weighted by Crippen LogP contribution is -2.07. The molecule has 18 heavy (non-hydrogen) atoms. The van der Waals surface area contributed by atoms with Gasteiger partial charge < -0.3 is 4.74 Å². The molecule has 96 valence electrons. The van der Waals surface area contributed by atoms with E-state index in [2.05, 4.69) is 10.1 Å². The van der Waals surface area contributed by atoms with E-state index >= 15 is 0 Å². The number of hydrogen-bond donors (Lipinski definition) is 0. The van der Waals surface area contributed by atoms with E-state index in [1.54, 1.807) is 11.6 Å². The van der Waals surface area contributed by atoms with Crippen LogP contribution in [0.2, 0.25) is 0 Å². The second-order valence-electron chi connectivity index (χ2n) is 3.93. The van der Waals surface area contributed by atoms with E-state index in [0.717, 1.165) is 22.0 Å². The van der Waals surface area contributed by atoms with Gasteiger partial charge in [-0.1, -0.05) is 0 Å². The summed E-state index contributed by atoms with van der Waals surface area (Å²) in [5, 5.41) is 7.06. The molecule has 0 saturated carbocycles. The zero-order chi connectivity index (χ0) is 13.1. The molecule has 5 nitrogen and oxygen atoms in total. The fourth-order valence-electron chi connectivity index (χ4n) is 1.68. The first-order valence-corrected chi connectivity index (χ1v) is 6.58. The van der Waals surface area contributed by atoms with Gasteiger partial charge in [0.25, 0.3) is 0 Å². The van der Waals surface area contributed by atoms with Crippen molar-refractivity contribution < 1.29 is 9.53 Å². The van der Waals surface area contributed by atoms with Gasteiger partial charge >= 0.3 is 5.97 Å². The molecule has 0 aliphatic carbocycles. The number of aromatic nitrogens is 3. The van der Waals surface area contributed by atoms with Crippen molar-refractivity contribution in [1.82, 2.24) is 14.8 Å². The van der Waals surface area contributed by atoms with Gasteiger partial charge in [0.1, 0.15) is 5.01 Å². The van der Waals surface area contributed by atoms with Crippen LogP contribution in [-0.2, 0) is 23.0 Å². The summed E-state index contributed by atoms with van der Waals surface area (Å²) in [6, 6.07) is 0. The van der Waals surface area contributed by atoms with Gasteiger partial charge in [0.15, 0.2) is 0 Å². The Morgan fingerprint density at radius 2 is 2.33 bits per heavy atom. The average molecular weight is 265 g/mol. The van der Waals surface area contributed by atoms with Gasteiger partial charge in [0, 0.05) is 18.6 Å². The molecular weight excluding hydrogens is 250 g/mol. The lowest BCUT2D eigenvalue weighted by Gasteiger charge is -1.98.